The first-order valence-corrected chi connectivity index (χ1v) is 6.19. The minimum atomic E-state index is 0.327. The number of H-pyrrole nitrogens is 1. The molecule has 2 aromatic heterocycles. The number of fused-ring (bicyclic) bond motifs is 1. The number of nitrogens with two attached hydrogens (primary N) is 1. The zero-order valence-electron chi connectivity index (χ0n) is 11.2. The van der Waals surface area contributed by atoms with Crippen LogP contribution < -0.4 is 16.6 Å². The molecule has 0 aliphatic heterocycles. The first-order chi connectivity index (χ1) is 9.65. The SMILES string of the molecule is Cc1cc(C)cc(Nc2nc(NN)nc3[nH]ncc23)c1. The van der Waals surface area contributed by atoms with Crippen LogP contribution in [0.5, 0.6) is 0 Å². The highest BCUT2D eigenvalue weighted by molar-refractivity contribution is 5.89. The predicted molar refractivity (Wildman–Crippen MR) is 78.7 cm³/mol. The van der Waals surface area contributed by atoms with Crippen molar-refractivity contribution in [2.75, 3.05) is 10.7 Å². The molecule has 0 bridgehead atoms. The van der Waals surface area contributed by atoms with Gasteiger partial charge in [0.25, 0.3) is 0 Å². The Morgan fingerprint density at radius 2 is 1.85 bits per heavy atom. The summed E-state index contributed by atoms with van der Waals surface area (Å²) >= 11 is 0. The van der Waals surface area contributed by atoms with Gasteiger partial charge in [-0.1, -0.05) is 6.07 Å². The van der Waals surface area contributed by atoms with Gasteiger partial charge >= 0.3 is 0 Å². The van der Waals surface area contributed by atoms with Crippen molar-refractivity contribution in [3.63, 3.8) is 0 Å². The molecule has 7 nitrogen and oxygen atoms in total. The summed E-state index contributed by atoms with van der Waals surface area (Å²) in [7, 11) is 0. The lowest BCUT2D eigenvalue weighted by Gasteiger charge is -2.09. The van der Waals surface area contributed by atoms with Crippen molar-refractivity contribution >= 4 is 28.5 Å². The minimum absolute atomic E-state index is 0.327. The van der Waals surface area contributed by atoms with Crippen LogP contribution in [0.15, 0.2) is 24.4 Å². The molecule has 0 fully saturated rings. The zero-order chi connectivity index (χ0) is 14.1. The number of hydrazine groups is 1. The topological polar surface area (TPSA) is 105 Å². The summed E-state index contributed by atoms with van der Waals surface area (Å²) in [6, 6.07) is 6.22. The van der Waals surface area contributed by atoms with Gasteiger partial charge in [0.1, 0.15) is 5.82 Å². The monoisotopic (exact) mass is 269 g/mol. The van der Waals surface area contributed by atoms with Gasteiger partial charge in [-0.2, -0.15) is 15.1 Å². The fraction of sp³-hybridized carbons (Fsp3) is 0.154. The summed E-state index contributed by atoms with van der Waals surface area (Å²) < 4.78 is 0. The van der Waals surface area contributed by atoms with Gasteiger partial charge in [0, 0.05) is 5.69 Å². The van der Waals surface area contributed by atoms with Crippen LogP contribution in [0, 0.1) is 13.8 Å². The molecule has 5 N–H and O–H groups in total. The van der Waals surface area contributed by atoms with Gasteiger partial charge in [-0.3, -0.25) is 10.5 Å². The number of nitrogens with one attached hydrogen (secondary N) is 3. The Bertz CT molecular complexity index is 742. The first-order valence-electron chi connectivity index (χ1n) is 6.19. The Labute approximate surface area is 115 Å². The van der Waals surface area contributed by atoms with Crippen LogP contribution in [0.1, 0.15) is 11.1 Å². The lowest BCUT2D eigenvalue weighted by atomic mass is 10.1. The Kier molecular flexibility index (Phi) is 2.96. The fourth-order valence-electron chi connectivity index (χ4n) is 2.18. The lowest BCUT2D eigenvalue weighted by molar-refractivity contribution is 1.08. The molecule has 0 aliphatic rings. The van der Waals surface area contributed by atoms with Gasteiger partial charge in [-0.25, -0.2) is 5.84 Å². The number of nitrogens with zero attached hydrogens (tertiary/aromatic N) is 3. The number of aryl methyl sites for hydroxylation is 2. The van der Waals surface area contributed by atoms with E-state index in [9.17, 15) is 0 Å². The van der Waals surface area contributed by atoms with Crippen LogP contribution in [0.25, 0.3) is 11.0 Å². The average Bonchev–Trinajstić information content (AvgIpc) is 2.85. The molecule has 0 radical (unpaired) electrons. The third-order valence-corrected chi connectivity index (χ3v) is 2.92. The molecule has 3 rings (SSSR count). The number of hydrogen-bond donors (Lipinski definition) is 4. The molecule has 0 amide bonds. The van der Waals surface area contributed by atoms with E-state index >= 15 is 0 Å². The number of anilines is 3. The van der Waals surface area contributed by atoms with E-state index in [0.29, 0.717) is 17.4 Å². The zero-order valence-corrected chi connectivity index (χ0v) is 11.2. The molecule has 3 aromatic rings. The summed E-state index contributed by atoms with van der Waals surface area (Å²) in [5.41, 5.74) is 6.40. The fourth-order valence-corrected chi connectivity index (χ4v) is 2.18. The standard InChI is InChI=1S/C13H15N7/c1-7-3-8(2)5-9(4-7)16-11-10-6-15-20-12(10)18-13(17-11)19-14/h3-6H,14H2,1-2H3,(H3,15,16,17,18,19,20). The van der Waals surface area contributed by atoms with Crippen LogP contribution in [0.4, 0.5) is 17.5 Å². The van der Waals surface area contributed by atoms with E-state index in [1.54, 1.807) is 6.20 Å². The average molecular weight is 269 g/mol. The molecule has 20 heavy (non-hydrogen) atoms. The summed E-state index contributed by atoms with van der Waals surface area (Å²) in [4.78, 5) is 8.51. The van der Waals surface area contributed by atoms with E-state index < -0.39 is 0 Å². The second-order valence-electron chi connectivity index (χ2n) is 4.67. The number of nitrogen functional groups attached to an aromatic ring is 1. The van der Waals surface area contributed by atoms with E-state index in [0.717, 1.165) is 11.1 Å². The molecular formula is C13H15N7. The number of aromatic nitrogens is 4. The summed E-state index contributed by atoms with van der Waals surface area (Å²) in [6.45, 7) is 4.11. The lowest BCUT2D eigenvalue weighted by Crippen LogP contribution is -2.11. The Morgan fingerprint density at radius 1 is 1.10 bits per heavy atom. The highest BCUT2D eigenvalue weighted by atomic mass is 15.3. The highest BCUT2D eigenvalue weighted by Crippen LogP contribution is 2.24. The maximum absolute atomic E-state index is 5.38. The third kappa shape index (κ3) is 2.26. The second-order valence-corrected chi connectivity index (χ2v) is 4.67. The Morgan fingerprint density at radius 3 is 2.55 bits per heavy atom. The number of hydrogen-bond acceptors (Lipinski definition) is 6. The van der Waals surface area contributed by atoms with Gasteiger partial charge in [-0.15, -0.1) is 0 Å². The van der Waals surface area contributed by atoms with Gasteiger partial charge in [-0.05, 0) is 37.1 Å². The Hall–Kier alpha value is -2.67. The summed E-state index contributed by atoms with van der Waals surface area (Å²) in [6.07, 6.45) is 1.68. The third-order valence-electron chi connectivity index (χ3n) is 2.92. The number of benzene rings is 1. The molecule has 0 unspecified atom stereocenters. The number of aromatic amines is 1. The van der Waals surface area contributed by atoms with Crippen molar-refractivity contribution in [3.05, 3.63) is 35.5 Å². The van der Waals surface area contributed by atoms with Crippen LogP contribution >= 0.6 is 0 Å². The molecule has 0 saturated carbocycles. The van der Waals surface area contributed by atoms with Crippen molar-refractivity contribution in [2.24, 2.45) is 5.84 Å². The van der Waals surface area contributed by atoms with E-state index in [1.165, 1.54) is 11.1 Å². The van der Waals surface area contributed by atoms with E-state index in [1.807, 2.05) is 0 Å². The van der Waals surface area contributed by atoms with Crippen LogP contribution in [-0.4, -0.2) is 20.2 Å². The molecule has 0 aliphatic carbocycles. The molecule has 0 atom stereocenters. The molecule has 0 saturated heterocycles. The van der Waals surface area contributed by atoms with Crippen LogP contribution in [0.2, 0.25) is 0 Å². The largest absolute Gasteiger partial charge is 0.339 e. The summed E-state index contributed by atoms with van der Waals surface area (Å²) in [5.74, 6) is 6.36. The molecular weight excluding hydrogens is 254 g/mol. The number of rotatable bonds is 3. The van der Waals surface area contributed by atoms with Crippen molar-refractivity contribution < 1.29 is 0 Å². The van der Waals surface area contributed by atoms with E-state index in [2.05, 4.69) is 63.0 Å². The maximum Gasteiger partial charge on any atom is 0.241 e. The van der Waals surface area contributed by atoms with E-state index in [-0.39, 0.29) is 0 Å². The molecule has 102 valence electrons. The molecule has 2 heterocycles. The predicted octanol–water partition coefficient (Wildman–Crippen LogP) is 2.00. The van der Waals surface area contributed by atoms with Gasteiger partial charge in [0.15, 0.2) is 5.65 Å². The van der Waals surface area contributed by atoms with Crippen LogP contribution in [0.3, 0.4) is 0 Å². The Balaban J connectivity index is 2.07. The van der Waals surface area contributed by atoms with Crippen molar-refractivity contribution in [1.82, 2.24) is 20.2 Å². The highest BCUT2D eigenvalue weighted by Gasteiger charge is 2.09. The molecule has 0 spiro atoms. The van der Waals surface area contributed by atoms with Gasteiger partial charge in [0.05, 0.1) is 11.6 Å². The van der Waals surface area contributed by atoms with E-state index in [4.69, 9.17) is 5.84 Å². The molecule has 1 aromatic carbocycles. The maximum atomic E-state index is 5.38. The smallest absolute Gasteiger partial charge is 0.241 e. The van der Waals surface area contributed by atoms with Gasteiger partial charge < -0.3 is 5.32 Å². The first kappa shape index (κ1) is 12.4. The van der Waals surface area contributed by atoms with Gasteiger partial charge in [0.2, 0.25) is 5.95 Å². The molecule has 7 heteroatoms. The van der Waals surface area contributed by atoms with Crippen molar-refractivity contribution in [2.45, 2.75) is 13.8 Å². The second kappa shape index (κ2) is 4.78. The minimum Gasteiger partial charge on any atom is -0.339 e. The summed E-state index contributed by atoms with van der Waals surface area (Å²) in [5, 5.41) is 10.9. The van der Waals surface area contributed by atoms with Crippen molar-refractivity contribution in [3.8, 4) is 0 Å². The van der Waals surface area contributed by atoms with Crippen molar-refractivity contribution in [1.29, 1.82) is 0 Å². The quantitative estimate of drug-likeness (QED) is 0.428. The van der Waals surface area contributed by atoms with Crippen LogP contribution in [-0.2, 0) is 0 Å². The normalized spacial score (nSPS) is 10.8.